The summed E-state index contributed by atoms with van der Waals surface area (Å²) in [7, 11) is 0. The predicted octanol–water partition coefficient (Wildman–Crippen LogP) is 4.27. The van der Waals surface area contributed by atoms with Gasteiger partial charge in [-0.05, 0) is 51.5 Å². The molecule has 0 unspecified atom stereocenters. The normalized spacial score (nSPS) is 35.3. The number of fused-ring (bicyclic) bond motifs is 1. The molecule has 30 heavy (non-hydrogen) atoms. The van der Waals surface area contributed by atoms with Crippen LogP contribution in [0.3, 0.4) is 0 Å². The molecule has 0 radical (unpaired) electrons. The standard InChI is InChI=1S/C24H32O6/c1-24(2)29-22-21(26-16-17-12-8-7-9-13-17)20(28-23(22)30-24)18-14-10-5-3-4-6-11-15-19(25)27-18/h3,5,7-9,12-13,18,20-23H,4,6,10-11,14-16H2,1-2H3/b5-3+/t18-,20+,21-,22+,23+/m0/s1. The topological polar surface area (TPSA) is 63.2 Å². The van der Waals surface area contributed by atoms with Gasteiger partial charge >= 0.3 is 5.97 Å². The third kappa shape index (κ3) is 5.30. The Morgan fingerprint density at radius 2 is 1.83 bits per heavy atom. The summed E-state index contributed by atoms with van der Waals surface area (Å²) in [4.78, 5) is 12.4. The Balaban J connectivity index is 1.51. The van der Waals surface area contributed by atoms with E-state index in [4.69, 9.17) is 23.7 Å². The van der Waals surface area contributed by atoms with E-state index in [9.17, 15) is 4.79 Å². The van der Waals surface area contributed by atoms with Crippen LogP contribution >= 0.6 is 0 Å². The number of hydrogen-bond donors (Lipinski definition) is 0. The first-order chi connectivity index (χ1) is 14.5. The van der Waals surface area contributed by atoms with E-state index < -0.39 is 24.3 Å². The highest BCUT2D eigenvalue weighted by atomic mass is 16.8. The van der Waals surface area contributed by atoms with Crippen molar-refractivity contribution in [2.45, 2.75) is 95.5 Å². The summed E-state index contributed by atoms with van der Waals surface area (Å²) in [6, 6.07) is 10.0. The molecule has 4 rings (SSSR count). The van der Waals surface area contributed by atoms with Gasteiger partial charge in [0, 0.05) is 6.42 Å². The highest BCUT2D eigenvalue weighted by molar-refractivity contribution is 5.69. The van der Waals surface area contributed by atoms with Crippen LogP contribution in [0.25, 0.3) is 0 Å². The monoisotopic (exact) mass is 416 g/mol. The SMILES string of the molecule is CC1(C)O[C@H]2O[C@H]([C@@H]3CC/C=C/CCCCC(=O)O3)[C@H](OCc3ccccc3)[C@H]2O1. The number of benzene rings is 1. The number of ether oxygens (including phenoxy) is 5. The quantitative estimate of drug-likeness (QED) is 0.540. The molecule has 3 aliphatic heterocycles. The van der Waals surface area contributed by atoms with Crippen LogP contribution in [0.15, 0.2) is 42.5 Å². The van der Waals surface area contributed by atoms with Crippen LogP contribution in [0.2, 0.25) is 0 Å². The lowest BCUT2D eigenvalue weighted by Crippen LogP contribution is -2.44. The van der Waals surface area contributed by atoms with Crippen LogP contribution in [0, 0.1) is 0 Å². The van der Waals surface area contributed by atoms with Crippen molar-refractivity contribution in [2.75, 3.05) is 0 Å². The number of cyclic esters (lactones) is 1. The number of allylic oxidation sites excluding steroid dienone is 2. The van der Waals surface area contributed by atoms with Gasteiger partial charge < -0.3 is 23.7 Å². The number of esters is 1. The van der Waals surface area contributed by atoms with Gasteiger partial charge in [-0.2, -0.15) is 0 Å². The maximum atomic E-state index is 12.4. The van der Waals surface area contributed by atoms with Crippen molar-refractivity contribution in [3.8, 4) is 0 Å². The first-order valence-corrected chi connectivity index (χ1v) is 11.0. The van der Waals surface area contributed by atoms with E-state index in [1.165, 1.54) is 0 Å². The Morgan fingerprint density at radius 1 is 1.03 bits per heavy atom. The van der Waals surface area contributed by atoms with Gasteiger partial charge in [0.2, 0.25) is 0 Å². The second kappa shape index (κ2) is 9.60. The number of carbonyl (C=O) groups excluding carboxylic acids is 1. The summed E-state index contributed by atoms with van der Waals surface area (Å²) in [5, 5.41) is 0. The van der Waals surface area contributed by atoms with Gasteiger partial charge in [0.25, 0.3) is 0 Å². The molecule has 3 aliphatic rings. The van der Waals surface area contributed by atoms with Gasteiger partial charge in [0.15, 0.2) is 12.1 Å². The highest BCUT2D eigenvalue weighted by Crippen LogP contribution is 2.41. The summed E-state index contributed by atoms with van der Waals surface area (Å²) in [6.07, 6.45) is 7.02. The zero-order valence-corrected chi connectivity index (χ0v) is 17.8. The first kappa shape index (κ1) is 21.5. The molecule has 164 valence electrons. The van der Waals surface area contributed by atoms with Gasteiger partial charge in [-0.25, -0.2) is 0 Å². The van der Waals surface area contributed by atoms with Gasteiger partial charge in [-0.15, -0.1) is 0 Å². The molecule has 0 saturated carbocycles. The largest absolute Gasteiger partial charge is 0.459 e. The fourth-order valence-electron chi connectivity index (χ4n) is 4.31. The van der Waals surface area contributed by atoms with E-state index in [0.717, 1.165) is 31.2 Å². The van der Waals surface area contributed by atoms with Crippen molar-refractivity contribution in [3.63, 3.8) is 0 Å². The Morgan fingerprint density at radius 3 is 2.67 bits per heavy atom. The maximum Gasteiger partial charge on any atom is 0.306 e. The average molecular weight is 417 g/mol. The zero-order valence-electron chi connectivity index (χ0n) is 17.8. The summed E-state index contributed by atoms with van der Waals surface area (Å²) < 4.78 is 30.5. The lowest BCUT2D eigenvalue weighted by Gasteiger charge is -2.30. The Labute approximate surface area is 178 Å². The first-order valence-electron chi connectivity index (χ1n) is 11.0. The van der Waals surface area contributed by atoms with Crippen LogP contribution in [0.5, 0.6) is 0 Å². The van der Waals surface area contributed by atoms with Crippen LogP contribution in [-0.2, 0) is 35.1 Å². The summed E-state index contributed by atoms with van der Waals surface area (Å²) in [5.74, 6) is -0.908. The van der Waals surface area contributed by atoms with E-state index in [1.807, 2.05) is 44.2 Å². The minimum Gasteiger partial charge on any atom is -0.459 e. The van der Waals surface area contributed by atoms with Crippen LogP contribution in [0.4, 0.5) is 0 Å². The molecule has 2 saturated heterocycles. The molecule has 6 heteroatoms. The van der Waals surface area contributed by atoms with Gasteiger partial charge in [0.05, 0.1) is 6.61 Å². The van der Waals surface area contributed by atoms with E-state index in [2.05, 4.69) is 12.2 Å². The van der Waals surface area contributed by atoms with Gasteiger partial charge in [0.1, 0.15) is 24.4 Å². The number of rotatable bonds is 4. The highest BCUT2D eigenvalue weighted by Gasteiger charge is 2.57. The Bertz CT molecular complexity index is 730. The van der Waals surface area contributed by atoms with E-state index in [-0.39, 0.29) is 18.2 Å². The Hall–Kier alpha value is -1.73. The van der Waals surface area contributed by atoms with Crippen LogP contribution in [0.1, 0.15) is 57.9 Å². The smallest absolute Gasteiger partial charge is 0.306 e. The van der Waals surface area contributed by atoms with Gasteiger partial charge in [-0.3, -0.25) is 4.79 Å². The molecule has 5 atom stereocenters. The summed E-state index contributed by atoms with van der Waals surface area (Å²) in [6.45, 7) is 4.17. The molecule has 0 N–H and O–H groups in total. The second-order valence-electron chi connectivity index (χ2n) is 8.65. The molecule has 1 aromatic rings. The minimum atomic E-state index is -0.734. The fraction of sp³-hybridized carbons (Fsp3) is 0.625. The van der Waals surface area contributed by atoms with Crippen molar-refractivity contribution < 1.29 is 28.5 Å². The molecular weight excluding hydrogens is 384 g/mol. The van der Waals surface area contributed by atoms with Crippen molar-refractivity contribution in [2.24, 2.45) is 0 Å². The molecule has 2 fully saturated rings. The van der Waals surface area contributed by atoms with E-state index in [1.54, 1.807) is 0 Å². The van der Waals surface area contributed by atoms with Crippen LogP contribution < -0.4 is 0 Å². The molecule has 3 heterocycles. The summed E-state index contributed by atoms with van der Waals surface area (Å²) in [5.41, 5.74) is 1.07. The molecule has 0 spiro atoms. The third-order valence-corrected chi connectivity index (χ3v) is 5.75. The minimum absolute atomic E-state index is 0.175. The predicted molar refractivity (Wildman–Crippen MR) is 110 cm³/mol. The molecule has 1 aromatic carbocycles. The third-order valence-electron chi connectivity index (χ3n) is 5.75. The molecular formula is C24H32O6. The van der Waals surface area contributed by atoms with Crippen molar-refractivity contribution in [1.29, 1.82) is 0 Å². The zero-order chi connectivity index (χ0) is 21.0. The number of hydrogen-bond acceptors (Lipinski definition) is 6. The molecule has 0 bridgehead atoms. The molecule has 0 aromatic heterocycles. The molecule has 0 aliphatic carbocycles. The van der Waals surface area contributed by atoms with E-state index >= 15 is 0 Å². The second-order valence-corrected chi connectivity index (χ2v) is 8.65. The average Bonchev–Trinajstić information content (AvgIpc) is 3.17. The van der Waals surface area contributed by atoms with Crippen molar-refractivity contribution >= 4 is 5.97 Å². The fourth-order valence-corrected chi connectivity index (χ4v) is 4.31. The van der Waals surface area contributed by atoms with E-state index in [0.29, 0.717) is 19.4 Å². The lowest BCUT2D eigenvalue weighted by molar-refractivity contribution is -0.233. The molecule has 0 amide bonds. The van der Waals surface area contributed by atoms with Gasteiger partial charge in [-0.1, -0.05) is 42.5 Å². The van der Waals surface area contributed by atoms with Crippen LogP contribution in [-0.4, -0.2) is 42.5 Å². The van der Waals surface area contributed by atoms with Crippen molar-refractivity contribution in [3.05, 3.63) is 48.0 Å². The number of carbonyl (C=O) groups is 1. The molecule has 6 nitrogen and oxygen atoms in total. The van der Waals surface area contributed by atoms with Crippen molar-refractivity contribution in [1.82, 2.24) is 0 Å². The Kier molecular flexibility index (Phi) is 6.88. The summed E-state index contributed by atoms with van der Waals surface area (Å²) >= 11 is 0. The lowest BCUT2D eigenvalue weighted by atomic mass is 10.0. The maximum absolute atomic E-state index is 12.4.